The quantitative estimate of drug-likeness (QED) is 0.253. The Morgan fingerprint density at radius 1 is 1.11 bits per heavy atom. The minimum absolute atomic E-state index is 0.0201. The van der Waals surface area contributed by atoms with E-state index in [0.29, 0.717) is 27.0 Å². The number of aromatic amines is 1. The molecule has 0 unspecified atom stereocenters. The van der Waals surface area contributed by atoms with Crippen LogP contribution in [0.25, 0.3) is 5.82 Å². The summed E-state index contributed by atoms with van der Waals surface area (Å²) in [5.41, 5.74) is 0.680. The van der Waals surface area contributed by atoms with Gasteiger partial charge < -0.3 is 19.9 Å². The molecule has 236 valence electrons. The first-order chi connectivity index (χ1) is 21.3. The molecule has 0 saturated carbocycles. The van der Waals surface area contributed by atoms with E-state index >= 15 is 0 Å². The van der Waals surface area contributed by atoms with Gasteiger partial charge in [-0.25, -0.2) is 9.55 Å². The highest BCUT2D eigenvalue weighted by Crippen LogP contribution is 2.28. The van der Waals surface area contributed by atoms with Crippen LogP contribution in [-0.4, -0.2) is 64.9 Å². The summed E-state index contributed by atoms with van der Waals surface area (Å²) in [6, 6.07) is 11.0. The number of amides is 2. The second-order valence-corrected chi connectivity index (χ2v) is 13.5. The fourth-order valence-electron chi connectivity index (χ4n) is 4.95. The minimum Gasteiger partial charge on any atom is -0.406 e. The number of alkyl halides is 3. The van der Waals surface area contributed by atoms with Crippen LogP contribution in [0.1, 0.15) is 39.0 Å². The van der Waals surface area contributed by atoms with Gasteiger partial charge in [0.25, 0.3) is 17.4 Å². The fraction of sp³-hybridized carbons (Fsp3) is 0.250. The molecule has 11 nitrogen and oxygen atoms in total. The summed E-state index contributed by atoms with van der Waals surface area (Å²) in [5, 5.41) is 10.4. The number of hydrogen-bond acceptors (Lipinski definition) is 7. The predicted molar refractivity (Wildman–Crippen MR) is 164 cm³/mol. The number of ether oxygens (including phenoxy) is 1. The molecule has 17 heteroatoms. The molecule has 2 aromatic heterocycles. The molecular formula is C28H26Cl2F3N7O4Si. The van der Waals surface area contributed by atoms with E-state index in [4.69, 9.17) is 28.2 Å². The molecule has 2 aromatic carbocycles. The normalized spacial score (nSPS) is 15.3. The van der Waals surface area contributed by atoms with Crippen molar-refractivity contribution in [1.29, 1.82) is 0 Å². The van der Waals surface area contributed by atoms with E-state index in [2.05, 4.69) is 25.2 Å². The van der Waals surface area contributed by atoms with Gasteiger partial charge in [0.05, 0.1) is 22.3 Å². The summed E-state index contributed by atoms with van der Waals surface area (Å²) in [6.45, 7) is 3.70. The number of aromatic nitrogens is 4. The number of nitrogens with zero attached hydrogens (tertiary/aromatic N) is 4. The van der Waals surface area contributed by atoms with E-state index < -0.39 is 26.8 Å². The summed E-state index contributed by atoms with van der Waals surface area (Å²) in [4.78, 5) is 49.4. The minimum atomic E-state index is -4.82. The van der Waals surface area contributed by atoms with Crippen molar-refractivity contribution >= 4 is 55.1 Å². The number of carbonyl (C=O) groups excluding carboxylic acids is 2. The summed E-state index contributed by atoms with van der Waals surface area (Å²) < 4.78 is 43.2. The molecule has 0 saturated heterocycles. The lowest BCUT2D eigenvalue weighted by molar-refractivity contribution is -0.274. The molecule has 1 aliphatic rings. The highest BCUT2D eigenvalue weighted by molar-refractivity contribution is 6.74. The van der Waals surface area contributed by atoms with E-state index in [-0.39, 0.29) is 53.1 Å². The second kappa shape index (κ2) is 12.6. The van der Waals surface area contributed by atoms with Crippen LogP contribution < -0.4 is 25.8 Å². The number of nitrogens with one attached hydrogen (secondary N) is 3. The SMILES string of the molecule is CNC(=O)c1cc(-n2c(N[Si@@H](C)c3ccc(OC(F)(F)F)cc3)nc3c(c2=O)C[C@@H](C)N(C(=O)c2ccc(Cl)c(Cl)c2)C3)[nH]n1. The summed E-state index contributed by atoms with van der Waals surface area (Å²) in [7, 11) is -0.783. The van der Waals surface area contributed by atoms with Gasteiger partial charge in [0, 0.05) is 30.3 Å². The first-order valence-corrected chi connectivity index (χ1v) is 16.6. The molecule has 1 aliphatic heterocycles. The van der Waals surface area contributed by atoms with Crippen molar-refractivity contribution in [1.82, 2.24) is 30.0 Å². The number of fused-ring (bicyclic) bond motifs is 1. The second-order valence-electron chi connectivity index (χ2n) is 10.3. The van der Waals surface area contributed by atoms with E-state index in [9.17, 15) is 27.6 Å². The topological polar surface area (TPSA) is 134 Å². The molecule has 2 atom stereocenters. The number of benzene rings is 2. The van der Waals surface area contributed by atoms with E-state index in [0.717, 1.165) is 0 Å². The van der Waals surface area contributed by atoms with E-state index in [1.54, 1.807) is 11.0 Å². The van der Waals surface area contributed by atoms with Gasteiger partial charge in [-0.15, -0.1) is 13.2 Å². The number of H-pyrrole nitrogens is 1. The molecule has 3 heterocycles. The van der Waals surface area contributed by atoms with Gasteiger partial charge >= 0.3 is 6.36 Å². The van der Waals surface area contributed by atoms with Crippen LogP contribution in [0.4, 0.5) is 19.1 Å². The molecule has 5 rings (SSSR count). The van der Waals surface area contributed by atoms with Crippen LogP contribution >= 0.6 is 23.2 Å². The summed E-state index contributed by atoms with van der Waals surface area (Å²) >= 11 is 12.2. The highest BCUT2D eigenvalue weighted by Gasteiger charge is 2.33. The maximum atomic E-state index is 14.0. The van der Waals surface area contributed by atoms with Crippen molar-refractivity contribution < 1.29 is 27.5 Å². The van der Waals surface area contributed by atoms with Crippen LogP contribution in [0.15, 0.2) is 53.3 Å². The van der Waals surface area contributed by atoms with Crippen LogP contribution in [0, 0.1) is 0 Å². The first-order valence-electron chi connectivity index (χ1n) is 13.6. The van der Waals surface area contributed by atoms with Crippen molar-refractivity contribution in [3.8, 4) is 11.6 Å². The Morgan fingerprint density at radius 2 is 1.82 bits per heavy atom. The zero-order chi connectivity index (χ0) is 32.6. The van der Waals surface area contributed by atoms with Crippen LogP contribution in [0.5, 0.6) is 5.75 Å². The van der Waals surface area contributed by atoms with Crippen molar-refractivity contribution in [2.45, 2.75) is 38.8 Å². The zero-order valence-corrected chi connectivity index (χ0v) is 26.7. The lowest BCUT2D eigenvalue weighted by Gasteiger charge is -2.34. The van der Waals surface area contributed by atoms with Crippen LogP contribution in [-0.2, 0) is 13.0 Å². The third-order valence-corrected chi connectivity index (χ3v) is 10.1. The number of halogens is 5. The van der Waals surface area contributed by atoms with Gasteiger partial charge in [-0.2, -0.15) is 5.10 Å². The molecule has 0 aliphatic carbocycles. The summed E-state index contributed by atoms with van der Waals surface area (Å²) in [6.07, 6.45) is -4.63. The Morgan fingerprint density at radius 3 is 2.47 bits per heavy atom. The van der Waals surface area contributed by atoms with Crippen molar-refractivity contribution in [2.24, 2.45) is 0 Å². The average Bonchev–Trinajstić information content (AvgIpc) is 3.47. The molecule has 3 N–H and O–H groups in total. The third kappa shape index (κ3) is 6.84. The van der Waals surface area contributed by atoms with Crippen molar-refractivity contribution in [2.75, 3.05) is 12.0 Å². The molecule has 0 spiro atoms. The molecule has 45 heavy (non-hydrogen) atoms. The van der Waals surface area contributed by atoms with Gasteiger partial charge in [0.15, 0.2) is 14.7 Å². The lowest BCUT2D eigenvalue weighted by Crippen LogP contribution is -2.46. The Bertz CT molecular complexity index is 1830. The Hall–Kier alpha value is -4.34. The lowest BCUT2D eigenvalue weighted by atomic mass is 9.98. The van der Waals surface area contributed by atoms with Gasteiger partial charge in [-0.05, 0) is 48.9 Å². The monoisotopic (exact) mass is 679 g/mol. The smallest absolute Gasteiger partial charge is 0.406 e. The Balaban J connectivity index is 1.53. The van der Waals surface area contributed by atoms with Gasteiger partial charge in [0.2, 0.25) is 5.95 Å². The average molecular weight is 681 g/mol. The number of hydrogen-bond donors (Lipinski definition) is 3. The van der Waals surface area contributed by atoms with Crippen molar-refractivity contribution in [3.05, 3.63) is 91.4 Å². The third-order valence-electron chi connectivity index (χ3n) is 7.27. The number of carbonyl (C=O) groups is 2. The van der Waals surface area contributed by atoms with E-state index in [1.807, 2.05) is 13.5 Å². The standard InChI is InChI=1S/C28H26Cl2F3N7O4Si/c1-14-10-18-22(13-39(14)25(42)15-4-9-19(29)20(30)11-15)35-27(40(26(18)43)23-12-21(36-37-23)24(41)34-2)38-45(3)17-7-5-16(6-8-17)44-28(31,32)33/h4-9,11-12,14,45H,10,13H2,1-3H3,(H,34,41)(H,35,38)(H,36,37)/t14-,45+/m1/s1. The zero-order valence-electron chi connectivity index (χ0n) is 24.0. The fourth-order valence-corrected chi connectivity index (χ4v) is 6.77. The largest absolute Gasteiger partial charge is 0.573 e. The first kappa shape index (κ1) is 32.1. The molecular weight excluding hydrogens is 654 g/mol. The van der Waals surface area contributed by atoms with Crippen LogP contribution in [0.3, 0.4) is 0 Å². The van der Waals surface area contributed by atoms with Gasteiger partial charge in [-0.1, -0.05) is 41.9 Å². The molecule has 4 aromatic rings. The molecule has 0 fully saturated rings. The maximum absolute atomic E-state index is 14.0. The van der Waals surface area contributed by atoms with Crippen molar-refractivity contribution in [3.63, 3.8) is 0 Å². The molecule has 0 bridgehead atoms. The summed E-state index contributed by atoms with van der Waals surface area (Å²) in [5.74, 6) is -0.873. The van der Waals surface area contributed by atoms with Gasteiger partial charge in [-0.3, -0.25) is 19.5 Å². The van der Waals surface area contributed by atoms with Gasteiger partial charge in [0.1, 0.15) is 11.6 Å². The highest BCUT2D eigenvalue weighted by atomic mass is 35.5. The van der Waals surface area contributed by atoms with E-state index in [1.165, 1.54) is 54.1 Å². The predicted octanol–water partition coefficient (Wildman–Crippen LogP) is 3.78. The Labute approximate surface area is 266 Å². The Kier molecular flexibility index (Phi) is 8.96. The molecule has 0 radical (unpaired) electrons. The van der Waals surface area contributed by atoms with Crippen LogP contribution in [0.2, 0.25) is 16.6 Å². The number of rotatable bonds is 7. The maximum Gasteiger partial charge on any atom is 0.573 e. The number of anilines is 1. The molecule has 2 amide bonds.